The Kier molecular flexibility index (Phi) is 4.10. The third-order valence-electron chi connectivity index (χ3n) is 1.73. The van der Waals surface area contributed by atoms with E-state index in [1.54, 1.807) is 24.3 Å². The number of esters is 1. The highest BCUT2D eigenvalue weighted by Crippen LogP contribution is 2.10. The molecular formula is C12H11NO3. The maximum atomic E-state index is 10.9. The summed E-state index contributed by atoms with van der Waals surface area (Å²) in [6.07, 6.45) is 5.33. The highest BCUT2D eigenvalue weighted by Gasteiger charge is 2.12. The van der Waals surface area contributed by atoms with E-state index in [2.05, 4.69) is 15.9 Å². The summed E-state index contributed by atoms with van der Waals surface area (Å²) >= 11 is 0. The molecule has 0 heterocycles. The summed E-state index contributed by atoms with van der Waals surface area (Å²) in [6, 6.07) is 6.99. The largest absolute Gasteiger partial charge is 0.404 e. The summed E-state index contributed by atoms with van der Waals surface area (Å²) < 4.78 is 4.91. The minimum absolute atomic E-state index is 0.0588. The predicted octanol–water partition coefficient (Wildman–Crippen LogP) is 1.54. The van der Waals surface area contributed by atoms with Crippen LogP contribution >= 0.6 is 0 Å². The Morgan fingerprint density at radius 3 is 2.69 bits per heavy atom. The van der Waals surface area contributed by atoms with Crippen molar-refractivity contribution in [3.8, 4) is 12.3 Å². The molecule has 0 bridgehead atoms. The molecule has 1 aromatic rings. The topological polar surface area (TPSA) is 47.9 Å². The van der Waals surface area contributed by atoms with Crippen molar-refractivity contribution in [3.05, 3.63) is 35.4 Å². The summed E-state index contributed by atoms with van der Waals surface area (Å²) in [5.41, 5.74) is 1.13. The van der Waals surface area contributed by atoms with Crippen molar-refractivity contribution in [2.75, 3.05) is 7.11 Å². The van der Waals surface area contributed by atoms with E-state index in [4.69, 9.17) is 11.2 Å². The molecule has 0 amide bonds. The standard InChI is InChI=1S/C12H11NO3/c1-4-10-7-5-6-8-11(10)12(13-15-3)16-9(2)14/h1,5-8H,2-3H3. The van der Waals surface area contributed by atoms with Gasteiger partial charge in [0.2, 0.25) is 0 Å². The number of oxime groups is 1. The average molecular weight is 217 g/mol. The van der Waals surface area contributed by atoms with Crippen LogP contribution < -0.4 is 0 Å². The molecule has 0 aliphatic rings. The number of carbonyl (C=O) groups excluding carboxylic acids is 1. The van der Waals surface area contributed by atoms with Gasteiger partial charge in [-0.3, -0.25) is 4.79 Å². The zero-order valence-corrected chi connectivity index (χ0v) is 9.06. The van der Waals surface area contributed by atoms with Gasteiger partial charge in [-0.2, -0.15) is 0 Å². The van der Waals surface area contributed by atoms with Crippen LogP contribution in [0.1, 0.15) is 18.1 Å². The fourth-order valence-corrected chi connectivity index (χ4v) is 1.14. The molecule has 16 heavy (non-hydrogen) atoms. The van der Waals surface area contributed by atoms with E-state index in [1.807, 2.05) is 0 Å². The molecule has 0 aliphatic heterocycles. The van der Waals surface area contributed by atoms with Crippen molar-refractivity contribution in [2.45, 2.75) is 6.92 Å². The van der Waals surface area contributed by atoms with Crippen LogP contribution in [-0.4, -0.2) is 19.0 Å². The summed E-state index contributed by atoms with van der Waals surface area (Å²) in [5.74, 6) is 2.06. The molecule has 0 aliphatic carbocycles. The molecule has 1 rings (SSSR count). The van der Waals surface area contributed by atoms with E-state index in [1.165, 1.54) is 14.0 Å². The number of nitrogens with zero attached hydrogens (tertiary/aromatic N) is 1. The molecule has 4 heteroatoms. The molecule has 0 atom stereocenters. The van der Waals surface area contributed by atoms with Gasteiger partial charge in [-0.15, -0.1) is 6.42 Å². The Morgan fingerprint density at radius 2 is 2.12 bits per heavy atom. The van der Waals surface area contributed by atoms with Crippen molar-refractivity contribution in [1.29, 1.82) is 0 Å². The van der Waals surface area contributed by atoms with Crippen molar-refractivity contribution < 1.29 is 14.4 Å². The molecule has 0 saturated carbocycles. The second-order valence-electron chi connectivity index (χ2n) is 2.86. The van der Waals surface area contributed by atoms with Gasteiger partial charge in [0.25, 0.3) is 5.90 Å². The van der Waals surface area contributed by atoms with Gasteiger partial charge in [-0.25, -0.2) is 0 Å². The average Bonchev–Trinajstić information content (AvgIpc) is 2.28. The summed E-state index contributed by atoms with van der Waals surface area (Å²) in [6.45, 7) is 1.28. The molecule has 0 fully saturated rings. The summed E-state index contributed by atoms with van der Waals surface area (Å²) in [4.78, 5) is 15.5. The summed E-state index contributed by atoms with van der Waals surface area (Å²) in [5, 5.41) is 3.62. The fraction of sp³-hybridized carbons (Fsp3) is 0.167. The SMILES string of the molecule is C#Cc1ccccc1C(=NOC)OC(C)=O. The maximum absolute atomic E-state index is 10.9. The zero-order valence-electron chi connectivity index (χ0n) is 9.06. The van der Waals surface area contributed by atoms with Gasteiger partial charge in [0.1, 0.15) is 7.11 Å². The van der Waals surface area contributed by atoms with E-state index in [0.29, 0.717) is 11.1 Å². The highest BCUT2D eigenvalue weighted by molar-refractivity contribution is 6.01. The number of ether oxygens (including phenoxy) is 1. The highest BCUT2D eigenvalue weighted by atomic mass is 16.6. The molecule has 82 valence electrons. The molecule has 0 radical (unpaired) electrons. The van der Waals surface area contributed by atoms with Gasteiger partial charge in [-0.1, -0.05) is 18.1 Å². The van der Waals surface area contributed by atoms with Crippen LogP contribution in [0.15, 0.2) is 29.4 Å². The minimum atomic E-state index is -0.484. The first kappa shape index (κ1) is 11.8. The Labute approximate surface area is 93.9 Å². The Hall–Kier alpha value is -2.28. The van der Waals surface area contributed by atoms with Gasteiger partial charge in [0.15, 0.2) is 0 Å². The van der Waals surface area contributed by atoms with Crippen molar-refractivity contribution in [1.82, 2.24) is 0 Å². The molecule has 0 N–H and O–H groups in total. The molecule has 1 aromatic carbocycles. The lowest BCUT2D eigenvalue weighted by molar-refractivity contribution is -0.133. The van der Waals surface area contributed by atoms with Crippen LogP contribution in [0.25, 0.3) is 0 Å². The predicted molar refractivity (Wildman–Crippen MR) is 59.7 cm³/mol. The van der Waals surface area contributed by atoms with Crippen LogP contribution in [0.5, 0.6) is 0 Å². The van der Waals surface area contributed by atoms with Gasteiger partial charge in [0, 0.05) is 12.5 Å². The molecule has 4 nitrogen and oxygen atoms in total. The zero-order chi connectivity index (χ0) is 12.0. The van der Waals surface area contributed by atoms with Crippen LogP contribution in [0, 0.1) is 12.3 Å². The molecule has 0 spiro atoms. The normalized spacial score (nSPS) is 10.4. The molecule has 0 saturated heterocycles. The third-order valence-corrected chi connectivity index (χ3v) is 1.73. The lowest BCUT2D eigenvalue weighted by Gasteiger charge is -2.06. The first-order chi connectivity index (χ1) is 7.69. The number of benzene rings is 1. The monoisotopic (exact) mass is 217 g/mol. The lowest BCUT2D eigenvalue weighted by Crippen LogP contribution is -2.12. The number of terminal acetylenes is 1. The van der Waals surface area contributed by atoms with Crippen LogP contribution in [0.3, 0.4) is 0 Å². The van der Waals surface area contributed by atoms with Crippen LogP contribution in [-0.2, 0) is 14.4 Å². The lowest BCUT2D eigenvalue weighted by atomic mass is 10.1. The van der Waals surface area contributed by atoms with Crippen LogP contribution in [0.4, 0.5) is 0 Å². The first-order valence-corrected chi connectivity index (χ1v) is 4.54. The van der Waals surface area contributed by atoms with E-state index in [9.17, 15) is 4.79 Å². The Bertz CT molecular complexity index is 458. The Morgan fingerprint density at radius 1 is 1.44 bits per heavy atom. The van der Waals surface area contributed by atoms with Crippen molar-refractivity contribution in [2.24, 2.45) is 5.16 Å². The number of carbonyl (C=O) groups is 1. The first-order valence-electron chi connectivity index (χ1n) is 4.54. The van der Waals surface area contributed by atoms with E-state index < -0.39 is 5.97 Å². The van der Waals surface area contributed by atoms with E-state index >= 15 is 0 Å². The Balaban J connectivity index is 3.17. The number of rotatable bonds is 2. The van der Waals surface area contributed by atoms with Crippen molar-refractivity contribution >= 4 is 11.9 Å². The molecular weight excluding hydrogens is 206 g/mol. The van der Waals surface area contributed by atoms with Gasteiger partial charge < -0.3 is 9.57 Å². The smallest absolute Gasteiger partial charge is 0.309 e. The molecule has 0 unspecified atom stereocenters. The summed E-state index contributed by atoms with van der Waals surface area (Å²) in [7, 11) is 1.36. The second-order valence-corrected chi connectivity index (χ2v) is 2.86. The minimum Gasteiger partial charge on any atom is -0.404 e. The fourth-order valence-electron chi connectivity index (χ4n) is 1.14. The van der Waals surface area contributed by atoms with Gasteiger partial charge in [-0.05, 0) is 17.3 Å². The van der Waals surface area contributed by atoms with Gasteiger partial charge >= 0.3 is 5.97 Å². The molecule has 0 aromatic heterocycles. The number of hydrogen-bond acceptors (Lipinski definition) is 4. The maximum Gasteiger partial charge on any atom is 0.309 e. The second kappa shape index (κ2) is 5.56. The number of hydrogen-bond donors (Lipinski definition) is 0. The quantitative estimate of drug-likeness (QED) is 0.248. The van der Waals surface area contributed by atoms with Gasteiger partial charge in [0.05, 0.1) is 5.56 Å². The van der Waals surface area contributed by atoms with E-state index in [0.717, 1.165) is 0 Å². The third kappa shape index (κ3) is 2.85. The van der Waals surface area contributed by atoms with Crippen molar-refractivity contribution in [3.63, 3.8) is 0 Å². The van der Waals surface area contributed by atoms with Crippen LogP contribution in [0.2, 0.25) is 0 Å². The van der Waals surface area contributed by atoms with E-state index in [-0.39, 0.29) is 5.90 Å².